The zero-order chi connectivity index (χ0) is 14.8. The van der Waals surface area contributed by atoms with Gasteiger partial charge in [0.05, 0.1) is 12.6 Å². The van der Waals surface area contributed by atoms with Crippen LogP contribution in [0.25, 0.3) is 0 Å². The van der Waals surface area contributed by atoms with E-state index in [2.05, 4.69) is 9.82 Å². The lowest BCUT2D eigenvalue weighted by molar-refractivity contribution is -0.138. The molecule has 0 aromatic carbocycles. The molecule has 1 saturated carbocycles. The Kier molecular flexibility index (Phi) is 4.14. The summed E-state index contributed by atoms with van der Waals surface area (Å²) in [5.74, 6) is -0.986. The summed E-state index contributed by atoms with van der Waals surface area (Å²) >= 11 is 0. The smallest absolute Gasteiger partial charge is 0.305 e. The van der Waals surface area contributed by atoms with Gasteiger partial charge in [-0.15, -0.1) is 0 Å². The van der Waals surface area contributed by atoms with Gasteiger partial charge in [-0.05, 0) is 18.9 Å². The van der Waals surface area contributed by atoms with Crippen LogP contribution < -0.4 is 4.72 Å². The molecule has 0 saturated heterocycles. The molecule has 0 bridgehead atoms. The number of nitrogens with zero attached hydrogens (tertiary/aromatic N) is 2. The molecular weight excluding hydrogens is 282 g/mol. The molecule has 0 unspecified atom stereocenters. The highest BCUT2D eigenvalue weighted by Gasteiger charge is 2.39. The summed E-state index contributed by atoms with van der Waals surface area (Å²) < 4.78 is 28.7. The van der Waals surface area contributed by atoms with Crippen molar-refractivity contribution in [2.75, 3.05) is 0 Å². The van der Waals surface area contributed by atoms with E-state index < -0.39 is 21.5 Å². The summed E-state index contributed by atoms with van der Waals surface area (Å²) in [7, 11) is -2.22. The number of rotatable bonds is 5. The second-order valence-electron chi connectivity index (χ2n) is 5.31. The summed E-state index contributed by atoms with van der Waals surface area (Å²) in [5, 5.41) is 13.0. The van der Waals surface area contributed by atoms with Crippen molar-refractivity contribution < 1.29 is 18.3 Å². The zero-order valence-electron chi connectivity index (χ0n) is 11.4. The summed E-state index contributed by atoms with van der Waals surface area (Å²) in [4.78, 5) is 11.1. The Labute approximate surface area is 118 Å². The van der Waals surface area contributed by atoms with Crippen molar-refractivity contribution in [1.29, 1.82) is 0 Å². The fourth-order valence-electron chi connectivity index (χ4n) is 2.80. The van der Waals surface area contributed by atoms with Gasteiger partial charge in [-0.25, -0.2) is 13.1 Å². The SMILES string of the molecule is Cn1nccc1S(=O)(=O)NC1(CC(=O)O)CCCCC1. The molecule has 0 atom stereocenters. The quantitative estimate of drug-likeness (QED) is 0.840. The third kappa shape index (κ3) is 3.18. The first-order valence-electron chi connectivity index (χ1n) is 6.58. The standard InChI is InChI=1S/C12H19N3O4S/c1-15-10(5-8-13-15)20(18,19)14-12(9-11(16)17)6-3-2-4-7-12/h5,8,14H,2-4,6-7,9H2,1H3,(H,16,17). The normalized spacial score (nSPS) is 18.9. The molecule has 0 spiro atoms. The molecule has 1 fully saturated rings. The molecule has 1 aromatic rings. The molecular formula is C12H19N3O4S. The van der Waals surface area contributed by atoms with E-state index in [-0.39, 0.29) is 11.4 Å². The van der Waals surface area contributed by atoms with Gasteiger partial charge in [-0.2, -0.15) is 5.10 Å². The van der Waals surface area contributed by atoms with Crippen LogP contribution in [-0.4, -0.2) is 34.8 Å². The van der Waals surface area contributed by atoms with Gasteiger partial charge >= 0.3 is 5.97 Å². The van der Waals surface area contributed by atoms with E-state index >= 15 is 0 Å². The number of nitrogens with one attached hydrogen (secondary N) is 1. The topological polar surface area (TPSA) is 101 Å². The molecule has 0 radical (unpaired) electrons. The molecule has 20 heavy (non-hydrogen) atoms. The summed E-state index contributed by atoms with van der Waals surface area (Å²) in [6.07, 6.45) is 4.99. The lowest BCUT2D eigenvalue weighted by atomic mass is 9.80. The predicted molar refractivity (Wildman–Crippen MR) is 71.6 cm³/mol. The summed E-state index contributed by atoms with van der Waals surface area (Å²) in [6.45, 7) is 0. The number of carboxylic acid groups (broad SMARTS) is 1. The van der Waals surface area contributed by atoms with Crippen molar-refractivity contribution in [2.45, 2.75) is 49.1 Å². The maximum Gasteiger partial charge on any atom is 0.305 e. The number of carboxylic acids is 1. The van der Waals surface area contributed by atoms with Crippen LogP contribution >= 0.6 is 0 Å². The lowest BCUT2D eigenvalue weighted by Crippen LogP contribution is -2.51. The minimum Gasteiger partial charge on any atom is -0.481 e. The molecule has 112 valence electrons. The average Bonchev–Trinajstić information content (AvgIpc) is 2.75. The maximum atomic E-state index is 12.4. The van der Waals surface area contributed by atoms with Crippen LogP contribution in [0.15, 0.2) is 17.3 Å². The van der Waals surface area contributed by atoms with Crippen molar-refractivity contribution in [2.24, 2.45) is 7.05 Å². The number of hydrogen-bond acceptors (Lipinski definition) is 4. The highest BCUT2D eigenvalue weighted by Crippen LogP contribution is 2.32. The number of aromatic nitrogens is 2. The average molecular weight is 301 g/mol. The zero-order valence-corrected chi connectivity index (χ0v) is 12.2. The van der Waals surface area contributed by atoms with Gasteiger partial charge in [0, 0.05) is 12.6 Å². The first-order chi connectivity index (χ1) is 9.35. The van der Waals surface area contributed by atoms with E-state index in [0.29, 0.717) is 12.8 Å². The Bertz CT molecular complexity index is 588. The molecule has 2 rings (SSSR count). The molecule has 1 aliphatic rings. The third-order valence-corrected chi connectivity index (χ3v) is 5.36. The number of hydrogen-bond donors (Lipinski definition) is 2. The Morgan fingerprint density at radius 3 is 2.60 bits per heavy atom. The van der Waals surface area contributed by atoms with Crippen LogP contribution in [0.3, 0.4) is 0 Å². The fraction of sp³-hybridized carbons (Fsp3) is 0.667. The van der Waals surface area contributed by atoms with Crippen LogP contribution in [0.2, 0.25) is 0 Å². The molecule has 7 nitrogen and oxygen atoms in total. The van der Waals surface area contributed by atoms with E-state index in [9.17, 15) is 13.2 Å². The maximum absolute atomic E-state index is 12.4. The largest absolute Gasteiger partial charge is 0.481 e. The Hall–Kier alpha value is -1.41. The highest BCUT2D eigenvalue weighted by molar-refractivity contribution is 7.89. The summed E-state index contributed by atoms with van der Waals surface area (Å²) in [6, 6.07) is 1.40. The van der Waals surface area contributed by atoms with Gasteiger partial charge in [0.25, 0.3) is 10.0 Å². The molecule has 1 aliphatic carbocycles. The van der Waals surface area contributed by atoms with Crippen LogP contribution in [0.4, 0.5) is 0 Å². The number of aliphatic carboxylic acids is 1. The minimum absolute atomic E-state index is 0.0489. The van der Waals surface area contributed by atoms with Crippen LogP contribution in [-0.2, 0) is 21.9 Å². The van der Waals surface area contributed by atoms with Crippen molar-refractivity contribution >= 4 is 16.0 Å². The van der Waals surface area contributed by atoms with Gasteiger partial charge in [0.1, 0.15) is 0 Å². The summed E-state index contributed by atoms with van der Waals surface area (Å²) in [5.41, 5.74) is -0.882. The molecule has 8 heteroatoms. The van der Waals surface area contributed by atoms with E-state index in [1.165, 1.54) is 16.9 Å². The van der Waals surface area contributed by atoms with E-state index in [1.54, 1.807) is 7.05 Å². The Morgan fingerprint density at radius 1 is 1.45 bits per heavy atom. The Balaban J connectivity index is 2.28. The number of aryl methyl sites for hydroxylation is 1. The van der Waals surface area contributed by atoms with Crippen LogP contribution in [0.1, 0.15) is 38.5 Å². The molecule has 0 amide bonds. The van der Waals surface area contributed by atoms with Crippen LogP contribution in [0, 0.1) is 0 Å². The van der Waals surface area contributed by atoms with E-state index in [4.69, 9.17) is 5.11 Å². The number of carbonyl (C=O) groups is 1. The lowest BCUT2D eigenvalue weighted by Gasteiger charge is -2.36. The monoisotopic (exact) mass is 301 g/mol. The second kappa shape index (κ2) is 5.53. The molecule has 1 aromatic heterocycles. The molecule has 0 aliphatic heterocycles. The first kappa shape index (κ1) is 15.0. The fourth-order valence-corrected chi connectivity index (χ4v) is 4.38. The van der Waals surface area contributed by atoms with E-state index in [0.717, 1.165) is 19.3 Å². The predicted octanol–water partition coefficient (Wildman–Crippen LogP) is 0.876. The van der Waals surface area contributed by atoms with Crippen molar-refractivity contribution in [3.8, 4) is 0 Å². The van der Waals surface area contributed by atoms with Gasteiger partial charge in [-0.3, -0.25) is 9.48 Å². The molecule has 1 heterocycles. The first-order valence-corrected chi connectivity index (χ1v) is 8.07. The number of sulfonamides is 1. The highest BCUT2D eigenvalue weighted by atomic mass is 32.2. The van der Waals surface area contributed by atoms with Gasteiger partial charge in [0.2, 0.25) is 0 Å². The van der Waals surface area contributed by atoms with Crippen molar-refractivity contribution in [1.82, 2.24) is 14.5 Å². The van der Waals surface area contributed by atoms with Gasteiger partial charge in [-0.1, -0.05) is 19.3 Å². The van der Waals surface area contributed by atoms with E-state index in [1.807, 2.05) is 0 Å². The minimum atomic E-state index is -3.76. The van der Waals surface area contributed by atoms with Crippen molar-refractivity contribution in [3.63, 3.8) is 0 Å². The second-order valence-corrected chi connectivity index (χ2v) is 6.94. The van der Waals surface area contributed by atoms with Gasteiger partial charge < -0.3 is 5.11 Å². The van der Waals surface area contributed by atoms with Gasteiger partial charge in [0.15, 0.2) is 5.03 Å². The van der Waals surface area contributed by atoms with Crippen LogP contribution in [0.5, 0.6) is 0 Å². The van der Waals surface area contributed by atoms with Crippen molar-refractivity contribution in [3.05, 3.63) is 12.3 Å². The third-order valence-electron chi connectivity index (χ3n) is 3.70. The Morgan fingerprint density at radius 2 is 2.10 bits per heavy atom. The molecule has 2 N–H and O–H groups in total.